The van der Waals surface area contributed by atoms with E-state index in [4.69, 9.17) is 0 Å². The molecule has 4 heterocycles. The average molecular weight is 446 g/mol. The van der Waals surface area contributed by atoms with Crippen LogP contribution in [0.2, 0.25) is 0 Å². The lowest BCUT2D eigenvalue weighted by atomic mass is 10.1. The van der Waals surface area contributed by atoms with Gasteiger partial charge in [0.2, 0.25) is 0 Å². The van der Waals surface area contributed by atoms with Crippen LogP contribution >= 0.6 is 11.3 Å². The van der Waals surface area contributed by atoms with Gasteiger partial charge in [0.1, 0.15) is 15.9 Å². The first kappa shape index (κ1) is 20.4. The smallest absolute Gasteiger partial charge is 0.263 e. The van der Waals surface area contributed by atoms with Crippen LogP contribution in [-0.2, 0) is 6.54 Å². The Bertz CT molecular complexity index is 1300. The first-order valence-corrected chi connectivity index (χ1v) is 11.4. The number of aromatic nitrogens is 3. The number of piperazine rings is 1. The lowest BCUT2D eigenvalue weighted by molar-refractivity contribution is 0.0744. The number of pyridine rings is 2. The van der Waals surface area contributed by atoms with E-state index in [1.54, 1.807) is 45.3 Å². The second-order valence-electron chi connectivity index (χ2n) is 7.95. The number of fused-ring (bicyclic) bond motifs is 1. The van der Waals surface area contributed by atoms with E-state index in [0.29, 0.717) is 32.7 Å². The van der Waals surface area contributed by atoms with Gasteiger partial charge in [0.25, 0.3) is 11.5 Å². The molecule has 1 saturated heterocycles. The molecular weight excluding hydrogens is 422 g/mol. The summed E-state index contributed by atoms with van der Waals surface area (Å²) in [4.78, 5) is 40.0. The highest BCUT2D eigenvalue weighted by atomic mass is 32.1. The van der Waals surface area contributed by atoms with Gasteiger partial charge in [-0.2, -0.15) is 0 Å². The highest BCUT2D eigenvalue weighted by molar-refractivity contribution is 7.21. The molecule has 1 aromatic carbocycles. The quantitative estimate of drug-likeness (QED) is 0.483. The van der Waals surface area contributed by atoms with Crippen molar-refractivity contribution in [1.29, 1.82) is 0 Å². The van der Waals surface area contributed by atoms with E-state index >= 15 is 0 Å². The molecule has 0 unspecified atom stereocenters. The van der Waals surface area contributed by atoms with Crippen molar-refractivity contribution in [2.24, 2.45) is 0 Å². The van der Waals surface area contributed by atoms with Gasteiger partial charge >= 0.3 is 0 Å². The van der Waals surface area contributed by atoms with E-state index in [2.05, 4.69) is 20.9 Å². The summed E-state index contributed by atoms with van der Waals surface area (Å²) >= 11 is 1.56. The maximum absolute atomic E-state index is 13.1. The van der Waals surface area contributed by atoms with Gasteiger partial charge in [-0.1, -0.05) is 41.2 Å². The number of rotatable bonds is 4. The number of hydrogen-bond acceptors (Lipinski definition) is 6. The third kappa shape index (κ3) is 4.01. The molecule has 5 rings (SSSR count). The Morgan fingerprint density at radius 1 is 1.06 bits per heavy atom. The van der Waals surface area contributed by atoms with Gasteiger partial charge in [-0.05, 0) is 36.8 Å². The number of hydrogen-bond donors (Lipinski definition) is 0. The zero-order valence-electron chi connectivity index (χ0n) is 17.8. The summed E-state index contributed by atoms with van der Waals surface area (Å²) in [7, 11) is 0. The molecule has 1 aliphatic rings. The molecule has 8 heteroatoms. The van der Waals surface area contributed by atoms with Gasteiger partial charge in [0, 0.05) is 38.6 Å². The Balaban J connectivity index is 1.29. The van der Waals surface area contributed by atoms with Crippen molar-refractivity contribution >= 4 is 32.7 Å². The van der Waals surface area contributed by atoms with Gasteiger partial charge in [-0.15, -0.1) is 0 Å². The number of benzene rings is 1. The van der Waals surface area contributed by atoms with Crippen LogP contribution in [0.15, 0.2) is 65.7 Å². The van der Waals surface area contributed by atoms with Crippen LogP contribution in [0.5, 0.6) is 0 Å². The Morgan fingerprint density at radius 3 is 2.69 bits per heavy atom. The van der Waals surface area contributed by atoms with Crippen molar-refractivity contribution < 1.29 is 4.79 Å². The molecule has 0 bridgehead atoms. The standard InChI is InChI=1S/C24H23N5O2S/c1-17-5-2-6-18(15-17)16-29-10-4-7-19(23(29)31)22(30)27-11-13-28(14-12-27)24-26-20-8-3-9-25-21(20)32-24/h2-10,15H,11-14,16H2,1H3. The number of anilines is 1. The van der Waals surface area contributed by atoms with Crippen LogP contribution in [0.1, 0.15) is 21.5 Å². The molecule has 0 spiro atoms. The molecule has 162 valence electrons. The minimum atomic E-state index is -0.251. The number of carbonyl (C=O) groups is 1. The summed E-state index contributed by atoms with van der Waals surface area (Å²) in [6, 6.07) is 15.3. The molecular formula is C24H23N5O2S. The summed E-state index contributed by atoms with van der Waals surface area (Å²) in [6.45, 7) is 4.92. The Hall–Kier alpha value is -3.52. The summed E-state index contributed by atoms with van der Waals surface area (Å²) in [5.41, 5.74) is 3.04. The normalized spacial score (nSPS) is 14.2. The third-order valence-electron chi connectivity index (χ3n) is 5.68. The van der Waals surface area contributed by atoms with E-state index in [9.17, 15) is 9.59 Å². The summed E-state index contributed by atoms with van der Waals surface area (Å²) in [6.07, 6.45) is 3.51. The minimum Gasteiger partial charge on any atom is -0.344 e. The van der Waals surface area contributed by atoms with Gasteiger partial charge in [-0.3, -0.25) is 9.59 Å². The van der Waals surface area contributed by atoms with Crippen molar-refractivity contribution in [3.8, 4) is 0 Å². The first-order chi connectivity index (χ1) is 15.6. The zero-order chi connectivity index (χ0) is 22.1. The minimum absolute atomic E-state index is 0.209. The number of carbonyl (C=O) groups excluding carboxylic acids is 1. The predicted molar refractivity (Wildman–Crippen MR) is 127 cm³/mol. The van der Waals surface area contributed by atoms with Gasteiger partial charge < -0.3 is 14.4 Å². The molecule has 7 nitrogen and oxygen atoms in total. The van der Waals surface area contributed by atoms with Gasteiger partial charge in [0.15, 0.2) is 5.13 Å². The number of thiazole rings is 1. The Kier molecular flexibility index (Phi) is 5.45. The van der Waals surface area contributed by atoms with Gasteiger partial charge in [0.05, 0.1) is 6.54 Å². The van der Waals surface area contributed by atoms with Crippen molar-refractivity contribution in [1.82, 2.24) is 19.4 Å². The molecule has 1 fully saturated rings. The number of nitrogens with zero attached hydrogens (tertiary/aromatic N) is 5. The monoisotopic (exact) mass is 445 g/mol. The molecule has 0 atom stereocenters. The van der Waals surface area contributed by atoms with Crippen molar-refractivity contribution in [2.45, 2.75) is 13.5 Å². The highest BCUT2D eigenvalue weighted by Gasteiger charge is 2.25. The van der Waals surface area contributed by atoms with Crippen LogP contribution in [0, 0.1) is 6.92 Å². The number of amides is 1. The highest BCUT2D eigenvalue weighted by Crippen LogP contribution is 2.27. The van der Waals surface area contributed by atoms with Crippen LogP contribution in [-0.4, -0.2) is 51.5 Å². The van der Waals surface area contributed by atoms with Crippen molar-refractivity contribution in [2.75, 3.05) is 31.1 Å². The topological polar surface area (TPSA) is 71.3 Å². The van der Waals surface area contributed by atoms with E-state index in [-0.39, 0.29) is 17.0 Å². The molecule has 0 saturated carbocycles. The van der Waals surface area contributed by atoms with Crippen LogP contribution in [0.25, 0.3) is 10.3 Å². The van der Waals surface area contributed by atoms with Crippen LogP contribution < -0.4 is 10.5 Å². The third-order valence-corrected chi connectivity index (χ3v) is 6.72. The fourth-order valence-electron chi connectivity index (χ4n) is 4.00. The molecule has 0 aliphatic carbocycles. The maximum atomic E-state index is 13.1. The lowest BCUT2D eigenvalue weighted by Crippen LogP contribution is -2.49. The Labute approximate surface area is 189 Å². The number of aryl methyl sites for hydroxylation is 1. The second kappa shape index (κ2) is 8.55. The predicted octanol–water partition coefficient (Wildman–Crippen LogP) is 3.17. The van der Waals surface area contributed by atoms with Crippen molar-refractivity contribution in [3.05, 3.63) is 88.0 Å². The molecule has 1 aliphatic heterocycles. The largest absolute Gasteiger partial charge is 0.344 e. The average Bonchev–Trinajstić information content (AvgIpc) is 3.25. The lowest BCUT2D eigenvalue weighted by Gasteiger charge is -2.34. The summed E-state index contributed by atoms with van der Waals surface area (Å²) < 4.78 is 1.60. The van der Waals surface area contributed by atoms with E-state index in [0.717, 1.165) is 26.6 Å². The SMILES string of the molecule is Cc1cccc(Cn2cccc(C(=O)N3CCN(c4nc5cccnc5s4)CC3)c2=O)c1. The van der Waals surface area contributed by atoms with E-state index in [1.165, 1.54) is 0 Å². The molecule has 1 amide bonds. The van der Waals surface area contributed by atoms with E-state index < -0.39 is 0 Å². The van der Waals surface area contributed by atoms with Crippen molar-refractivity contribution in [3.63, 3.8) is 0 Å². The molecule has 0 N–H and O–H groups in total. The molecule has 32 heavy (non-hydrogen) atoms. The fourth-order valence-corrected chi connectivity index (χ4v) is 4.96. The van der Waals surface area contributed by atoms with Crippen LogP contribution in [0.3, 0.4) is 0 Å². The second-order valence-corrected chi connectivity index (χ2v) is 8.90. The first-order valence-electron chi connectivity index (χ1n) is 10.6. The summed E-state index contributed by atoms with van der Waals surface area (Å²) in [5, 5.41) is 0.922. The molecule has 4 aromatic rings. The fraction of sp³-hybridized carbons (Fsp3) is 0.250. The zero-order valence-corrected chi connectivity index (χ0v) is 18.6. The van der Waals surface area contributed by atoms with Gasteiger partial charge in [-0.25, -0.2) is 9.97 Å². The summed E-state index contributed by atoms with van der Waals surface area (Å²) in [5.74, 6) is -0.209. The van der Waals surface area contributed by atoms with Crippen LogP contribution in [0.4, 0.5) is 5.13 Å². The molecule has 0 radical (unpaired) electrons. The Morgan fingerprint density at radius 2 is 1.91 bits per heavy atom. The van der Waals surface area contributed by atoms with E-state index in [1.807, 2.05) is 37.3 Å². The molecule has 3 aromatic heterocycles. The maximum Gasteiger partial charge on any atom is 0.263 e.